The molecule has 0 fully saturated rings. The van der Waals surface area contributed by atoms with Gasteiger partial charge in [0.25, 0.3) is 5.91 Å². The molecule has 0 radical (unpaired) electrons. The van der Waals surface area contributed by atoms with Crippen LogP contribution in [0, 0.1) is 5.92 Å². The number of carbonyl (C=O) groups is 2. The lowest BCUT2D eigenvalue weighted by Crippen LogP contribution is -2.42. The van der Waals surface area contributed by atoms with Crippen LogP contribution in [0.15, 0.2) is 59.5 Å². The topological polar surface area (TPSA) is 55.4 Å². The number of amides is 1. The van der Waals surface area contributed by atoms with Gasteiger partial charge in [-0.15, -0.1) is 11.8 Å². The van der Waals surface area contributed by atoms with E-state index in [2.05, 4.69) is 17.4 Å². The van der Waals surface area contributed by atoms with E-state index in [1.54, 1.807) is 23.9 Å². The highest BCUT2D eigenvalue weighted by molar-refractivity contribution is 7.98. The van der Waals surface area contributed by atoms with Crippen LogP contribution in [0.3, 0.4) is 0 Å². The van der Waals surface area contributed by atoms with Crippen molar-refractivity contribution in [1.29, 1.82) is 0 Å². The van der Waals surface area contributed by atoms with E-state index < -0.39 is 12.0 Å². The second kappa shape index (κ2) is 10.0. The first kappa shape index (κ1) is 20.0. The second-order valence-electron chi connectivity index (χ2n) is 6.48. The molecule has 0 bridgehead atoms. The molecule has 138 valence electrons. The SMILES string of the molecule is COC(=O)C(CC(C)C)NC(=O)c1ccc(SCc2ccccc2)cc1. The number of ether oxygens (including phenoxy) is 1. The summed E-state index contributed by atoms with van der Waals surface area (Å²) in [6, 6.07) is 17.0. The zero-order valence-electron chi connectivity index (χ0n) is 15.4. The van der Waals surface area contributed by atoms with E-state index in [-0.39, 0.29) is 11.8 Å². The van der Waals surface area contributed by atoms with Crippen LogP contribution in [-0.2, 0) is 15.3 Å². The largest absolute Gasteiger partial charge is 0.467 e. The normalized spacial score (nSPS) is 11.8. The Hall–Kier alpha value is -2.27. The lowest BCUT2D eigenvalue weighted by Gasteiger charge is -2.18. The third-order valence-electron chi connectivity index (χ3n) is 3.86. The van der Waals surface area contributed by atoms with Crippen LogP contribution in [0.25, 0.3) is 0 Å². The van der Waals surface area contributed by atoms with E-state index in [0.29, 0.717) is 12.0 Å². The van der Waals surface area contributed by atoms with Gasteiger partial charge >= 0.3 is 5.97 Å². The summed E-state index contributed by atoms with van der Waals surface area (Å²) in [5, 5.41) is 2.77. The van der Waals surface area contributed by atoms with Crippen molar-refractivity contribution in [3.05, 3.63) is 65.7 Å². The highest BCUT2D eigenvalue weighted by atomic mass is 32.2. The molecular formula is C21H25NO3S. The third kappa shape index (κ3) is 6.23. The van der Waals surface area contributed by atoms with Crippen LogP contribution in [0.2, 0.25) is 0 Å². The number of carbonyl (C=O) groups excluding carboxylic acids is 2. The van der Waals surface area contributed by atoms with E-state index in [9.17, 15) is 9.59 Å². The first-order valence-corrected chi connectivity index (χ1v) is 9.63. The van der Waals surface area contributed by atoms with Crippen molar-refractivity contribution >= 4 is 23.6 Å². The van der Waals surface area contributed by atoms with Crippen LogP contribution in [0.1, 0.15) is 36.2 Å². The Morgan fingerprint density at radius 2 is 1.69 bits per heavy atom. The molecule has 1 unspecified atom stereocenters. The first-order valence-electron chi connectivity index (χ1n) is 8.65. The highest BCUT2D eigenvalue weighted by Gasteiger charge is 2.23. The molecule has 1 amide bonds. The van der Waals surface area contributed by atoms with Crippen LogP contribution in [0.5, 0.6) is 0 Å². The lowest BCUT2D eigenvalue weighted by molar-refractivity contribution is -0.143. The molecular weight excluding hydrogens is 346 g/mol. The maximum atomic E-state index is 12.4. The Bertz CT molecular complexity index is 714. The van der Waals surface area contributed by atoms with Gasteiger partial charge in [0.15, 0.2) is 0 Å². The van der Waals surface area contributed by atoms with E-state index in [1.807, 2.05) is 44.2 Å². The number of hydrogen-bond acceptors (Lipinski definition) is 4. The Kier molecular flexibility index (Phi) is 7.73. The molecule has 2 aromatic carbocycles. The monoisotopic (exact) mass is 371 g/mol. The van der Waals surface area contributed by atoms with Gasteiger partial charge in [-0.1, -0.05) is 44.2 Å². The van der Waals surface area contributed by atoms with Crippen molar-refractivity contribution in [3.8, 4) is 0 Å². The summed E-state index contributed by atoms with van der Waals surface area (Å²) in [5.41, 5.74) is 1.79. The second-order valence-corrected chi connectivity index (χ2v) is 7.53. The van der Waals surface area contributed by atoms with Gasteiger partial charge in [-0.2, -0.15) is 0 Å². The van der Waals surface area contributed by atoms with Crippen LogP contribution in [-0.4, -0.2) is 25.0 Å². The van der Waals surface area contributed by atoms with Gasteiger partial charge in [-0.25, -0.2) is 4.79 Å². The van der Waals surface area contributed by atoms with Crippen LogP contribution < -0.4 is 5.32 Å². The summed E-state index contributed by atoms with van der Waals surface area (Å²) in [6.45, 7) is 4.00. The number of esters is 1. The fourth-order valence-electron chi connectivity index (χ4n) is 2.51. The van der Waals surface area contributed by atoms with E-state index in [0.717, 1.165) is 10.6 Å². The molecule has 0 saturated carbocycles. The average Bonchev–Trinajstić information content (AvgIpc) is 2.66. The average molecular weight is 372 g/mol. The molecule has 0 heterocycles. The molecule has 0 saturated heterocycles. The summed E-state index contributed by atoms with van der Waals surface area (Å²) in [7, 11) is 1.33. The van der Waals surface area contributed by atoms with Gasteiger partial charge in [0.05, 0.1) is 7.11 Å². The molecule has 2 rings (SSSR count). The number of rotatable bonds is 8. The van der Waals surface area contributed by atoms with Crippen LogP contribution in [0.4, 0.5) is 0 Å². The van der Waals surface area contributed by atoms with Gasteiger partial charge < -0.3 is 10.1 Å². The predicted molar refractivity (Wildman–Crippen MR) is 105 cm³/mol. The van der Waals surface area contributed by atoms with Crippen molar-refractivity contribution in [1.82, 2.24) is 5.32 Å². The summed E-state index contributed by atoms with van der Waals surface area (Å²) < 4.78 is 4.79. The Balaban J connectivity index is 1.95. The third-order valence-corrected chi connectivity index (χ3v) is 4.95. The van der Waals surface area contributed by atoms with E-state index >= 15 is 0 Å². The number of benzene rings is 2. The lowest BCUT2D eigenvalue weighted by atomic mass is 10.0. The van der Waals surface area contributed by atoms with Gasteiger partial charge in [0, 0.05) is 16.2 Å². The zero-order chi connectivity index (χ0) is 18.9. The van der Waals surface area contributed by atoms with Gasteiger partial charge in [-0.3, -0.25) is 4.79 Å². The Labute approximate surface area is 159 Å². The zero-order valence-corrected chi connectivity index (χ0v) is 16.2. The number of thioether (sulfide) groups is 1. The minimum absolute atomic E-state index is 0.263. The molecule has 0 aliphatic carbocycles. The summed E-state index contributed by atoms with van der Waals surface area (Å²) in [6.07, 6.45) is 0.545. The summed E-state index contributed by atoms with van der Waals surface area (Å²) >= 11 is 1.72. The van der Waals surface area contributed by atoms with Crippen molar-refractivity contribution in [2.75, 3.05) is 7.11 Å². The molecule has 0 aliphatic rings. The molecule has 2 aromatic rings. The van der Waals surface area contributed by atoms with Crippen molar-refractivity contribution in [2.45, 2.75) is 37.0 Å². The predicted octanol–water partition coefficient (Wildman–Crippen LogP) is 4.30. The van der Waals surface area contributed by atoms with Crippen molar-refractivity contribution < 1.29 is 14.3 Å². The Morgan fingerprint density at radius 1 is 1.04 bits per heavy atom. The smallest absolute Gasteiger partial charge is 0.328 e. The fourth-order valence-corrected chi connectivity index (χ4v) is 3.37. The minimum atomic E-state index is -0.625. The number of nitrogens with one attached hydrogen (secondary N) is 1. The fraction of sp³-hybridized carbons (Fsp3) is 0.333. The number of methoxy groups -OCH3 is 1. The van der Waals surface area contributed by atoms with Crippen molar-refractivity contribution in [3.63, 3.8) is 0 Å². The van der Waals surface area contributed by atoms with Crippen LogP contribution >= 0.6 is 11.8 Å². The minimum Gasteiger partial charge on any atom is -0.467 e. The first-order chi connectivity index (χ1) is 12.5. The molecule has 1 atom stereocenters. The van der Waals surface area contributed by atoms with Gasteiger partial charge in [0.1, 0.15) is 6.04 Å². The molecule has 1 N–H and O–H groups in total. The molecule has 0 aromatic heterocycles. The van der Waals surface area contributed by atoms with Gasteiger partial charge in [-0.05, 0) is 42.2 Å². The maximum Gasteiger partial charge on any atom is 0.328 e. The highest BCUT2D eigenvalue weighted by Crippen LogP contribution is 2.23. The quantitative estimate of drug-likeness (QED) is 0.555. The molecule has 4 nitrogen and oxygen atoms in total. The molecule has 5 heteroatoms. The molecule has 0 spiro atoms. The standard InChI is InChI=1S/C21H25NO3S/c1-15(2)13-19(21(24)25-3)22-20(23)17-9-11-18(12-10-17)26-14-16-7-5-4-6-8-16/h4-12,15,19H,13-14H2,1-3H3,(H,22,23). The Morgan fingerprint density at radius 3 is 2.27 bits per heavy atom. The van der Waals surface area contributed by atoms with Crippen molar-refractivity contribution in [2.24, 2.45) is 5.92 Å². The van der Waals surface area contributed by atoms with E-state index in [1.165, 1.54) is 12.7 Å². The summed E-state index contributed by atoms with van der Waals surface area (Å²) in [4.78, 5) is 25.4. The van der Waals surface area contributed by atoms with Gasteiger partial charge in [0.2, 0.25) is 0 Å². The number of hydrogen-bond donors (Lipinski definition) is 1. The maximum absolute atomic E-state index is 12.4. The van der Waals surface area contributed by atoms with E-state index in [4.69, 9.17) is 4.74 Å². The molecule has 0 aliphatic heterocycles. The summed E-state index contributed by atoms with van der Waals surface area (Å²) in [5.74, 6) is 0.476. The molecule has 26 heavy (non-hydrogen) atoms.